The van der Waals surface area contributed by atoms with Crippen LogP contribution in [0.1, 0.15) is 19.4 Å². The number of halogens is 2. The largest absolute Gasteiger partial charge is 0.394 e. The van der Waals surface area contributed by atoms with Gasteiger partial charge in [0.25, 0.3) is 0 Å². The highest BCUT2D eigenvalue weighted by molar-refractivity contribution is 5.27. The van der Waals surface area contributed by atoms with Crippen molar-refractivity contribution in [3.8, 4) is 0 Å². The van der Waals surface area contributed by atoms with E-state index in [-0.39, 0.29) is 5.56 Å². The number of hydrogen-bond donors (Lipinski definition) is 3. The summed E-state index contributed by atoms with van der Waals surface area (Å²) < 4.78 is 43.9. The van der Waals surface area contributed by atoms with Gasteiger partial charge >= 0.3 is 0 Å². The lowest BCUT2D eigenvalue weighted by molar-refractivity contribution is -0.291. The average Bonchev–Trinajstić information content (AvgIpc) is 2.91. The first-order valence-electron chi connectivity index (χ1n) is 7.18. The molecule has 0 aromatic heterocycles. The first kappa shape index (κ1) is 16.7. The highest BCUT2D eigenvalue weighted by Crippen LogP contribution is 2.48. The summed E-state index contributed by atoms with van der Waals surface area (Å²) >= 11 is 0. The fourth-order valence-corrected chi connectivity index (χ4v) is 3.07. The quantitative estimate of drug-likeness (QED) is 0.742. The first-order chi connectivity index (χ1) is 10.7. The molecule has 2 aliphatic heterocycles. The average molecular weight is 332 g/mol. The molecule has 8 heteroatoms. The van der Waals surface area contributed by atoms with Crippen molar-refractivity contribution < 1.29 is 38.3 Å². The van der Waals surface area contributed by atoms with E-state index in [1.807, 2.05) is 0 Å². The Hall–Kier alpha value is -1.16. The molecule has 0 bridgehead atoms. The van der Waals surface area contributed by atoms with Gasteiger partial charge in [0.2, 0.25) is 5.79 Å². The van der Waals surface area contributed by atoms with E-state index in [0.29, 0.717) is 6.07 Å². The Labute approximate surface area is 131 Å². The van der Waals surface area contributed by atoms with Crippen molar-refractivity contribution in [3.05, 3.63) is 35.4 Å². The van der Waals surface area contributed by atoms with Crippen LogP contribution in [0.3, 0.4) is 0 Å². The van der Waals surface area contributed by atoms with E-state index in [9.17, 15) is 19.0 Å². The summed E-state index contributed by atoms with van der Waals surface area (Å²) in [6.45, 7) is 2.55. The Bertz CT molecular complexity index is 610. The van der Waals surface area contributed by atoms with E-state index in [1.165, 1.54) is 0 Å². The minimum Gasteiger partial charge on any atom is -0.394 e. The van der Waals surface area contributed by atoms with Crippen molar-refractivity contribution in [3.63, 3.8) is 0 Å². The minimum atomic E-state index is -2.28. The third kappa shape index (κ3) is 2.65. The van der Waals surface area contributed by atoms with Crippen LogP contribution in [0.15, 0.2) is 18.2 Å². The van der Waals surface area contributed by atoms with Gasteiger partial charge < -0.3 is 29.5 Å². The van der Waals surface area contributed by atoms with Gasteiger partial charge in [0.05, 0.1) is 6.61 Å². The number of aliphatic hydroxyl groups excluding tert-OH is 2. The van der Waals surface area contributed by atoms with Crippen LogP contribution in [-0.2, 0) is 20.0 Å². The van der Waals surface area contributed by atoms with E-state index < -0.39 is 54.2 Å². The molecule has 0 amide bonds. The Morgan fingerprint density at radius 1 is 1.22 bits per heavy atom. The fraction of sp³-hybridized carbons (Fsp3) is 0.600. The highest BCUT2D eigenvalue weighted by atomic mass is 19.1. The van der Waals surface area contributed by atoms with Crippen LogP contribution in [0, 0.1) is 11.6 Å². The maximum Gasteiger partial charge on any atom is 0.225 e. The molecule has 2 saturated heterocycles. The molecule has 6 nitrogen and oxygen atoms in total. The van der Waals surface area contributed by atoms with Gasteiger partial charge in [-0.05, 0) is 26.0 Å². The molecule has 0 aliphatic carbocycles. The lowest BCUT2D eigenvalue weighted by atomic mass is 9.96. The van der Waals surface area contributed by atoms with Crippen LogP contribution in [0.4, 0.5) is 8.78 Å². The Morgan fingerprint density at radius 3 is 2.52 bits per heavy atom. The van der Waals surface area contributed by atoms with Gasteiger partial charge in [0.15, 0.2) is 5.79 Å². The lowest BCUT2D eigenvalue weighted by Crippen LogP contribution is -2.41. The minimum absolute atomic E-state index is 0.331. The second-order valence-electron chi connectivity index (χ2n) is 6.17. The molecule has 23 heavy (non-hydrogen) atoms. The van der Waals surface area contributed by atoms with E-state index in [0.717, 1.165) is 12.1 Å². The van der Waals surface area contributed by atoms with Crippen LogP contribution < -0.4 is 0 Å². The maximum atomic E-state index is 14.1. The Morgan fingerprint density at radius 2 is 1.91 bits per heavy atom. The zero-order valence-electron chi connectivity index (χ0n) is 12.6. The van der Waals surface area contributed by atoms with Crippen molar-refractivity contribution in [2.24, 2.45) is 0 Å². The normalized spacial score (nSPS) is 36.9. The number of hydrogen-bond acceptors (Lipinski definition) is 6. The van der Waals surface area contributed by atoms with Crippen molar-refractivity contribution in [2.75, 3.05) is 6.61 Å². The summed E-state index contributed by atoms with van der Waals surface area (Å²) in [7, 11) is 0. The van der Waals surface area contributed by atoms with Gasteiger partial charge in [-0.25, -0.2) is 8.78 Å². The van der Waals surface area contributed by atoms with Gasteiger partial charge in [0.1, 0.15) is 36.1 Å². The molecule has 5 atom stereocenters. The summed E-state index contributed by atoms with van der Waals surface area (Å²) in [4.78, 5) is 0. The summed E-state index contributed by atoms with van der Waals surface area (Å²) in [5.74, 6) is -5.20. The molecule has 0 spiro atoms. The predicted molar refractivity (Wildman–Crippen MR) is 72.0 cm³/mol. The van der Waals surface area contributed by atoms with Gasteiger partial charge in [-0.1, -0.05) is 0 Å². The van der Waals surface area contributed by atoms with E-state index in [4.69, 9.17) is 19.3 Å². The molecule has 2 heterocycles. The van der Waals surface area contributed by atoms with Gasteiger partial charge in [-0.15, -0.1) is 0 Å². The molecule has 2 fully saturated rings. The molecule has 128 valence electrons. The monoisotopic (exact) mass is 332 g/mol. The number of ether oxygens (including phenoxy) is 3. The zero-order chi connectivity index (χ0) is 17.0. The number of benzene rings is 1. The van der Waals surface area contributed by atoms with Crippen molar-refractivity contribution >= 4 is 0 Å². The molecule has 1 aromatic carbocycles. The number of fused-ring (bicyclic) bond motifs is 1. The first-order valence-corrected chi connectivity index (χ1v) is 7.18. The molecule has 0 radical (unpaired) electrons. The SMILES string of the molecule is CC1(C)O[C@H]2[C@@H]([C@H](O)CO)OC(O)(c3ccc(F)cc3F)[C@H]2O1. The molecule has 2 aliphatic rings. The second kappa shape index (κ2) is 5.44. The van der Waals surface area contributed by atoms with Crippen LogP contribution in [0.5, 0.6) is 0 Å². The van der Waals surface area contributed by atoms with E-state index in [2.05, 4.69) is 0 Å². The lowest BCUT2D eigenvalue weighted by Gasteiger charge is -2.31. The smallest absolute Gasteiger partial charge is 0.225 e. The predicted octanol–water partition coefficient (Wildman–Crippen LogP) is 0.382. The van der Waals surface area contributed by atoms with E-state index in [1.54, 1.807) is 13.8 Å². The van der Waals surface area contributed by atoms with Crippen molar-refractivity contribution in [1.29, 1.82) is 0 Å². The van der Waals surface area contributed by atoms with Crippen molar-refractivity contribution in [1.82, 2.24) is 0 Å². The molecule has 1 aromatic rings. The summed E-state index contributed by atoms with van der Waals surface area (Å²) in [5, 5.41) is 29.9. The van der Waals surface area contributed by atoms with Gasteiger partial charge in [0, 0.05) is 11.6 Å². The summed E-state index contributed by atoms with van der Waals surface area (Å²) in [5.41, 5.74) is -0.331. The van der Waals surface area contributed by atoms with E-state index >= 15 is 0 Å². The molecular weight excluding hydrogens is 314 g/mol. The number of rotatable bonds is 3. The van der Waals surface area contributed by atoms with Gasteiger partial charge in [-0.2, -0.15) is 0 Å². The molecule has 0 saturated carbocycles. The second-order valence-corrected chi connectivity index (χ2v) is 6.17. The third-order valence-electron chi connectivity index (χ3n) is 4.04. The van der Waals surface area contributed by atoms with Crippen LogP contribution in [0.2, 0.25) is 0 Å². The summed E-state index contributed by atoms with van der Waals surface area (Å²) in [6, 6.07) is 2.64. The summed E-state index contributed by atoms with van der Waals surface area (Å²) in [6.07, 6.45) is -4.58. The third-order valence-corrected chi connectivity index (χ3v) is 4.04. The maximum absolute atomic E-state index is 14.1. The Balaban J connectivity index is 2.04. The van der Waals surface area contributed by atoms with Crippen LogP contribution in [0.25, 0.3) is 0 Å². The topological polar surface area (TPSA) is 88.4 Å². The highest BCUT2D eigenvalue weighted by Gasteiger charge is 2.65. The van der Waals surface area contributed by atoms with Crippen LogP contribution >= 0.6 is 0 Å². The number of aliphatic hydroxyl groups is 3. The fourth-order valence-electron chi connectivity index (χ4n) is 3.07. The van der Waals surface area contributed by atoms with Crippen LogP contribution in [-0.4, -0.2) is 52.1 Å². The van der Waals surface area contributed by atoms with Gasteiger partial charge in [-0.3, -0.25) is 0 Å². The molecule has 1 unspecified atom stereocenters. The molecular formula is C15H18F2O6. The molecule has 3 rings (SSSR count). The Kier molecular flexibility index (Phi) is 3.95. The van der Waals surface area contributed by atoms with Crippen molar-refractivity contribution in [2.45, 2.75) is 49.8 Å². The standard InChI is InChI=1S/C15H18F2O6/c1-14(2)21-12-11(10(19)6-18)22-15(20,13(12)23-14)8-4-3-7(16)5-9(8)17/h3-5,10-13,18-20H,6H2,1-2H3/t10-,11-,12+,13+,15?/m1/s1. The molecule has 3 N–H and O–H groups in total. The zero-order valence-corrected chi connectivity index (χ0v) is 12.6.